The SMILES string of the molecule is CCNC(=NCc1cc(F)ccc1F)NCCNS(=O)(=O)CC.I. The first kappa shape index (κ1) is 23.0. The Labute approximate surface area is 158 Å². The molecule has 1 aromatic carbocycles. The first-order valence-corrected chi connectivity index (χ1v) is 8.96. The Hall–Kier alpha value is -1.01. The topological polar surface area (TPSA) is 82.6 Å². The highest BCUT2D eigenvalue weighted by Crippen LogP contribution is 2.10. The van der Waals surface area contributed by atoms with Crippen molar-refractivity contribution < 1.29 is 17.2 Å². The lowest BCUT2D eigenvalue weighted by atomic mass is 10.2. The maximum atomic E-state index is 13.5. The van der Waals surface area contributed by atoms with Gasteiger partial charge in [-0.25, -0.2) is 26.9 Å². The molecule has 0 heterocycles. The molecular weight excluding hydrogens is 453 g/mol. The Morgan fingerprint density at radius 1 is 1.17 bits per heavy atom. The van der Waals surface area contributed by atoms with Crippen LogP contribution >= 0.6 is 24.0 Å². The second-order valence-electron chi connectivity index (χ2n) is 4.66. The molecule has 0 aliphatic carbocycles. The Morgan fingerprint density at radius 3 is 2.50 bits per heavy atom. The molecule has 0 bridgehead atoms. The van der Waals surface area contributed by atoms with Gasteiger partial charge in [-0.1, -0.05) is 0 Å². The van der Waals surface area contributed by atoms with Crippen LogP contribution in [0.2, 0.25) is 0 Å². The zero-order chi connectivity index (χ0) is 17.3. The monoisotopic (exact) mass is 476 g/mol. The molecule has 138 valence electrons. The molecule has 24 heavy (non-hydrogen) atoms. The molecule has 0 amide bonds. The molecule has 6 nitrogen and oxygen atoms in total. The molecule has 0 aromatic heterocycles. The Morgan fingerprint density at radius 2 is 1.88 bits per heavy atom. The molecule has 0 aliphatic heterocycles. The number of rotatable bonds is 8. The Balaban J connectivity index is 0.00000529. The fourth-order valence-electron chi connectivity index (χ4n) is 1.66. The second-order valence-corrected chi connectivity index (χ2v) is 6.75. The summed E-state index contributed by atoms with van der Waals surface area (Å²) in [5.41, 5.74) is 0.147. The summed E-state index contributed by atoms with van der Waals surface area (Å²) in [7, 11) is -3.24. The first-order valence-electron chi connectivity index (χ1n) is 7.31. The van der Waals surface area contributed by atoms with Gasteiger partial charge in [0.1, 0.15) is 11.6 Å². The lowest BCUT2D eigenvalue weighted by molar-refractivity contribution is 0.581. The number of benzene rings is 1. The first-order chi connectivity index (χ1) is 10.9. The number of nitrogens with zero attached hydrogens (tertiary/aromatic N) is 1. The van der Waals surface area contributed by atoms with Crippen LogP contribution in [0.1, 0.15) is 19.4 Å². The van der Waals surface area contributed by atoms with Crippen molar-refractivity contribution in [2.75, 3.05) is 25.4 Å². The summed E-state index contributed by atoms with van der Waals surface area (Å²) in [6.07, 6.45) is 0. The number of nitrogens with one attached hydrogen (secondary N) is 3. The van der Waals surface area contributed by atoms with E-state index in [2.05, 4.69) is 20.3 Å². The van der Waals surface area contributed by atoms with Gasteiger partial charge < -0.3 is 10.6 Å². The zero-order valence-electron chi connectivity index (χ0n) is 13.6. The van der Waals surface area contributed by atoms with Crippen molar-refractivity contribution in [1.29, 1.82) is 0 Å². The fraction of sp³-hybridized carbons (Fsp3) is 0.500. The summed E-state index contributed by atoms with van der Waals surface area (Å²) in [6, 6.07) is 3.20. The van der Waals surface area contributed by atoms with E-state index in [9.17, 15) is 17.2 Å². The van der Waals surface area contributed by atoms with Gasteiger partial charge in [0.2, 0.25) is 10.0 Å². The number of hydrogen-bond donors (Lipinski definition) is 3. The van der Waals surface area contributed by atoms with Gasteiger partial charge in [-0.3, -0.25) is 0 Å². The highest BCUT2D eigenvalue weighted by Gasteiger charge is 2.06. The molecule has 1 aromatic rings. The smallest absolute Gasteiger partial charge is 0.211 e. The predicted octanol–water partition coefficient (Wildman–Crippen LogP) is 1.58. The van der Waals surface area contributed by atoms with E-state index in [-0.39, 0.29) is 48.4 Å². The summed E-state index contributed by atoms with van der Waals surface area (Å²) in [5, 5.41) is 5.86. The van der Waals surface area contributed by atoms with E-state index in [4.69, 9.17) is 0 Å². The summed E-state index contributed by atoms with van der Waals surface area (Å²) in [6.45, 7) is 4.48. The van der Waals surface area contributed by atoms with Gasteiger partial charge in [0.15, 0.2) is 5.96 Å². The minimum atomic E-state index is -3.24. The molecular formula is C14H23F2IN4O2S. The van der Waals surface area contributed by atoms with Gasteiger partial charge in [-0.15, -0.1) is 24.0 Å². The highest BCUT2D eigenvalue weighted by atomic mass is 127. The molecule has 0 spiro atoms. The normalized spacial score (nSPS) is 11.8. The lowest BCUT2D eigenvalue weighted by Crippen LogP contribution is -2.41. The van der Waals surface area contributed by atoms with E-state index < -0.39 is 21.7 Å². The number of hydrogen-bond acceptors (Lipinski definition) is 3. The van der Waals surface area contributed by atoms with Crippen LogP contribution in [0.3, 0.4) is 0 Å². The van der Waals surface area contributed by atoms with E-state index >= 15 is 0 Å². The van der Waals surface area contributed by atoms with Crippen molar-refractivity contribution >= 4 is 40.0 Å². The van der Waals surface area contributed by atoms with E-state index in [1.54, 1.807) is 6.92 Å². The third-order valence-electron chi connectivity index (χ3n) is 2.88. The molecule has 0 atom stereocenters. The Bertz CT molecular complexity index is 642. The van der Waals surface area contributed by atoms with Crippen molar-refractivity contribution in [3.63, 3.8) is 0 Å². The van der Waals surface area contributed by atoms with Gasteiger partial charge in [0.05, 0.1) is 12.3 Å². The minimum Gasteiger partial charge on any atom is -0.357 e. The lowest BCUT2D eigenvalue weighted by Gasteiger charge is -2.12. The van der Waals surface area contributed by atoms with E-state index in [0.29, 0.717) is 19.0 Å². The largest absolute Gasteiger partial charge is 0.357 e. The van der Waals surface area contributed by atoms with Gasteiger partial charge in [0, 0.05) is 25.2 Å². The van der Waals surface area contributed by atoms with Crippen LogP contribution in [-0.4, -0.2) is 39.8 Å². The van der Waals surface area contributed by atoms with Crippen LogP contribution in [-0.2, 0) is 16.6 Å². The number of sulfonamides is 1. The maximum absolute atomic E-state index is 13.5. The average Bonchev–Trinajstić information content (AvgIpc) is 2.52. The molecule has 0 saturated heterocycles. The predicted molar refractivity (Wildman–Crippen MR) is 102 cm³/mol. The molecule has 0 radical (unpaired) electrons. The molecule has 10 heteroatoms. The molecule has 0 unspecified atom stereocenters. The van der Waals surface area contributed by atoms with Crippen LogP contribution in [0.4, 0.5) is 8.78 Å². The summed E-state index contributed by atoms with van der Waals surface area (Å²) in [5.74, 6) is -0.642. The maximum Gasteiger partial charge on any atom is 0.211 e. The number of halogens is 3. The summed E-state index contributed by atoms with van der Waals surface area (Å²) < 4.78 is 51.6. The quantitative estimate of drug-likeness (QED) is 0.230. The Kier molecular flexibility index (Phi) is 11.0. The van der Waals surface area contributed by atoms with Crippen molar-refractivity contribution in [2.24, 2.45) is 4.99 Å². The summed E-state index contributed by atoms with van der Waals surface area (Å²) in [4.78, 5) is 4.15. The van der Waals surface area contributed by atoms with E-state index in [1.807, 2.05) is 6.92 Å². The standard InChI is InChI=1S/C14H22F2N4O2S.HI/c1-3-17-14(18-7-8-20-23(21,22)4-2)19-10-11-9-12(15)5-6-13(11)16;/h5-6,9,20H,3-4,7-8,10H2,1-2H3,(H2,17,18,19);1H. The molecule has 0 fully saturated rings. The minimum absolute atomic E-state index is 0. The third kappa shape index (κ3) is 8.73. The van der Waals surface area contributed by atoms with Crippen LogP contribution in [0.25, 0.3) is 0 Å². The molecule has 1 rings (SSSR count). The zero-order valence-corrected chi connectivity index (χ0v) is 16.8. The van der Waals surface area contributed by atoms with Crippen LogP contribution in [0.15, 0.2) is 23.2 Å². The fourth-order valence-corrected chi connectivity index (χ4v) is 2.28. The summed E-state index contributed by atoms with van der Waals surface area (Å²) >= 11 is 0. The van der Waals surface area contributed by atoms with Gasteiger partial charge >= 0.3 is 0 Å². The molecule has 3 N–H and O–H groups in total. The van der Waals surface area contributed by atoms with E-state index in [0.717, 1.165) is 18.2 Å². The van der Waals surface area contributed by atoms with Crippen molar-refractivity contribution in [3.05, 3.63) is 35.4 Å². The molecule has 0 saturated carbocycles. The van der Waals surface area contributed by atoms with Crippen molar-refractivity contribution in [1.82, 2.24) is 15.4 Å². The third-order valence-corrected chi connectivity index (χ3v) is 4.28. The van der Waals surface area contributed by atoms with Crippen LogP contribution in [0, 0.1) is 11.6 Å². The second kappa shape index (κ2) is 11.5. The highest BCUT2D eigenvalue weighted by molar-refractivity contribution is 14.0. The number of aliphatic imine (C=N–C) groups is 1. The van der Waals surface area contributed by atoms with E-state index in [1.165, 1.54) is 0 Å². The number of guanidine groups is 1. The average molecular weight is 476 g/mol. The van der Waals surface area contributed by atoms with Crippen LogP contribution < -0.4 is 15.4 Å². The van der Waals surface area contributed by atoms with Gasteiger partial charge in [-0.05, 0) is 32.0 Å². The molecule has 0 aliphatic rings. The van der Waals surface area contributed by atoms with Gasteiger partial charge in [0.25, 0.3) is 0 Å². The van der Waals surface area contributed by atoms with Crippen molar-refractivity contribution in [2.45, 2.75) is 20.4 Å². The van der Waals surface area contributed by atoms with Crippen molar-refractivity contribution in [3.8, 4) is 0 Å². The van der Waals surface area contributed by atoms with Crippen LogP contribution in [0.5, 0.6) is 0 Å². The van der Waals surface area contributed by atoms with Gasteiger partial charge in [-0.2, -0.15) is 0 Å².